The van der Waals surface area contributed by atoms with Crippen LogP contribution in [0.25, 0.3) is 0 Å². The van der Waals surface area contributed by atoms with Crippen LogP contribution in [0.2, 0.25) is 0 Å². The zero-order valence-corrected chi connectivity index (χ0v) is 15.1. The maximum absolute atomic E-state index is 13.6. The third-order valence-corrected chi connectivity index (χ3v) is 3.58. The third kappa shape index (κ3) is 4.44. The Bertz CT molecular complexity index is 966. The molecule has 0 saturated heterocycles. The third-order valence-electron chi connectivity index (χ3n) is 3.58. The van der Waals surface area contributed by atoms with Crippen LogP contribution in [0.5, 0.6) is 23.3 Å². The number of benzene rings is 2. The molecule has 0 fully saturated rings. The van der Waals surface area contributed by atoms with Gasteiger partial charge in [-0.25, -0.2) is 19.2 Å². The molecule has 0 bridgehead atoms. The van der Waals surface area contributed by atoms with E-state index in [-0.39, 0.29) is 11.8 Å². The summed E-state index contributed by atoms with van der Waals surface area (Å²) < 4.78 is 29.3. The highest BCUT2D eigenvalue weighted by atomic mass is 19.1. The van der Waals surface area contributed by atoms with Crippen LogP contribution in [0.3, 0.4) is 0 Å². The van der Waals surface area contributed by atoms with Crippen LogP contribution >= 0.6 is 0 Å². The van der Waals surface area contributed by atoms with E-state index in [1.165, 1.54) is 38.7 Å². The van der Waals surface area contributed by atoms with E-state index in [4.69, 9.17) is 14.2 Å². The minimum Gasteiger partial charge on any atom is -0.493 e. The lowest BCUT2D eigenvalue weighted by molar-refractivity contribution is 0.262. The molecule has 2 N–H and O–H groups in total. The fourth-order valence-corrected chi connectivity index (χ4v) is 2.33. The van der Waals surface area contributed by atoms with E-state index < -0.39 is 11.8 Å². The average molecular weight is 384 g/mol. The number of carbonyl (C=O) groups is 1. The summed E-state index contributed by atoms with van der Waals surface area (Å²) in [5, 5.41) is 5.24. The Labute approximate surface area is 160 Å². The van der Waals surface area contributed by atoms with E-state index >= 15 is 0 Å². The molecule has 0 radical (unpaired) electrons. The lowest BCUT2D eigenvalue weighted by Gasteiger charge is -2.13. The molecule has 1 aromatic heterocycles. The molecular weight excluding hydrogens is 367 g/mol. The van der Waals surface area contributed by atoms with E-state index in [9.17, 15) is 9.18 Å². The fraction of sp³-hybridized carbons (Fsp3) is 0.105. The molecule has 0 unspecified atom stereocenters. The zero-order valence-electron chi connectivity index (χ0n) is 15.1. The summed E-state index contributed by atoms with van der Waals surface area (Å²) in [6, 6.07) is 10.4. The van der Waals surface area contributed by atoms with Gasteiger partial charge >= 0.3 is 12.0 Å². The van der Waals surface area contributed by atoms with Crippen molar-refractivity contribution < 1.29 is 23.4 Å². The molecule has 9 heteroatoms. The number of para-hydroxylation sites is 2. The number of nitrogens with one attached hydrogen (secondary N) is 2. The Kier molecular flexibility index (Phi) is 5.85. The monoisotopic (exact) mass is 384 g/mol. The quantitative estimate of drug-likeness (QED) is 0.665. The maximum atomic E-state index is 13.6. The van der Waals surface area contributed by atoms with Gasteiger partial charge < -0.3 is 24.8 Å². The van der Waals surface area contributed by atoms with Gasteiger partial charge in [-0.3, -0.25) is 0 Å². The summed E-state index contributed by atoms with van der Waals surface area (Å²) in [5.41, 5.74) is 0.750. The number of amides is 2. The van der Waals surface area contributed by atoms with Crippen molar-refractivity contribution in [3.05, 3.63) is 60.7 Å². The highest BCUT2D eigenvalue weighted by Crippen LogP contribution is 2.34. The molecule has 1 heterocycles. The number of halogens is 1. The van der Waals surface area contributed by atoms with Crippen LogP contribution < -0.4 is 24.8 Å². The first kappa shape index (κ1) is 18.9. The molecule has 8 nitrogen and oxygen atoms in total. The minimum absolute atomic E-state index is 0.00562. The fourth-order valence-electron chi connectivity index (χ4n) is 2.33. The molecule has 3 rings (SSSR count). The van der Waals surface area contributed by atoms with Gasteiger partial charge in [0.05, 0.1) is 38.0 Å². The minimum atomic E-state index is -0.530. The number of hydrogen-bond donors (Lipinski definition) is 2. The first-order chi connectivity index (χ1) is 13.6. The van der Waals surface area contributed by atoms with Gasteiger partial charge in [-0.05, 0) is 24.3 Å². The van der Waals surface area contributed by atoms with Gasteiger partial charge in [-0.15, -0.1) is 0 Å². The topological polar surface area (TPSA) is 94.6 Å². The number of ether oxygens (including phenoxy) is 3. The van der Waals surface area contributed by atoms with Crippen molar-refractivity contribution in [2.45, 2.75) is 0 Å². The smallest absolute Gasteiger partial charge is 0.323 e. The van der Waals surface area contributed by atoms with E-state index in [1.807, 2.05) is 0 Å². The summed E-state index contributed by atoms with van der Waals surface area (Å²) in [6.45, 7) is 0. The molecule has 2 amide bonds. The normalized spacial score (nSPS) is 10.1. The number of urea groups is 1. The lowest BCUT2D eigenvalue weighted by Crippen LogP contribution is -2.20. The number of nitrogens with zero attached hydrogens (tertiary/aromatic N) is 2. The van der Waals surface area contributed by atoms with Gasteiger partial charge in [0.1, 0.15) is 0 Å². The lowest BCUT2D eigenvalue weighted by atomic mass is 10.2. The first-order valence-corrected chi connectivity index (χ1v) is 8.14. The molecule has 0 aliphatic heterocycles. The number of carbonyl (C=O) groups excluding carboxylic acids is 1. The van der Waals surface area contributed by atoms with Gasteiger partial charge in [-0.2, -0.15) is 0 Å². The molecule has 3 aromatic rings. The predicted octanol–water partition coefficient (Wildman–Crippen LogP) is 4.07. The molecule has 0 atom stereocenters. The molecule has 2 aromatic carbocycles. The molecule has 28 heavy (non-hydrogen) atoms. The number of hydrogen-bond acceptors (Lipinski definition) is 6. The SMILES string of the molecule is COc1cccc(NC(=O)Nc2cnc(Oc3ccccc3F)nc2)c1OC. The second-order valence-corrected chi connectivity index (χ2v) is 5.41. The van der Waals surface area contributed by atoms with Crippen molar-refractivity contribution in [3.63, 3.8) is 0 Å². The Morgan fingerprint density at radius 3 is 2.32 bits per heavy atom. The molecule has 0 aliphatic rings. The van der Waals surface area contributed by atoms with Gasteiger partial charge in [0.25, 0.3) is 0 Å². The van der Waals surface area contributed by atoms with E-state index in [2.05, 4.69) is 20.6 Å². The number of rotatable bonds is 6. The number of aromatic nitrogens is 2. The zero-order chi connectivity index (χ0) is 19.9. The molecular formula is C19H17FN4O4. The van der Waals surface area contributed by atoms with E-state index in [1.54, 1.807) is 30.3 Å². The molecule has 0 spiro atoms. The van der Waals surface area contributed by atoms with Crippen molar-refractivity contribution in [2.75, 3.05) is 24.9 Å². The Hall–Kier alpha value is -3.88. The average Bonchev–Trinajstić information content (AvgIpc) is 2.71. The van der Waals surface area contributed by atoms with Crippen molar-refractivity contribution in [3.8, 4) is 23.3 Å². The summed E-state index contributed by atoms with van der Waals surface area (Å²) in [4.78, 5) is 20.1. The highest BCUT2D eigenvalue weighted by Gasteiger charge is 2.13. The standard InChI is InChI=1S/C19H17FN4O4/c1-26-16-9-5-7-14(17(16)27-2)24-18(25)23-12-10-21-19(22-11-12)28-15-8-4-3-6-13(15)20/h3-11H,1-2H3,(H2,23,24,25). The van der Waals surface area contributed by atoms with E-state index in [0.29, 0.717) is 22.9 Å². The highest BCUT2D eigenvalue weighted by molar-refractivity contribution is 6.00. The Balaban J connectivity index is 1.64. The van der Waals surface area contributed by atoms with Crippen molar-refractivity contribution >= 4 is 17.4 Å². The van der Waals surface area contributed by atoms with Gasteiger partial charge in [0, 0.05) is 0 Å². The molecule has 0 aliphatic carbocycles. The van der Waals surface area contributed by atoms with Crippen LogP contribution in [0.1, 0.15) is 0 Å². The van der Waals surface area contributed by atoms with Crippen molar-refractivity contribution in [1.29, 1.82) is 0 Å². The Morgan fingerprint density at radius 1 is 0.929 bits per heavy atom. The predicted molar refractivity (Wildman–Crippen MR) is 101 cm³/mol. The van der Waals surface area contributed by atoms with Crippen molar-refractivity contribution in [1.82, 2.24) is 9.97 Å². The van der Waals surface area contributed by atoms with Gasteiger partial charge in [0.15, 0.2) is 23.1 Å². The Morgan fingerprint density at radius 2 is 1.64 bits per heavy atom. The number of methoxy groups -OCH3 is 2. The van der Waals surface area contributed by atoms with Crippen LogP contribution in [0.4, 0.5) is 20.6 Å². The van der Waals surface area contributed by atoms with Crippen LogP contribution in [0.15, 0.2) is 54.9 Å². The maximum Gasteiger partial charge on any atom is 0.323 e. The van der Waals surface area contributed by atoms with Crippen LogP contribution in [0, 0.1) is 5.82 Å². The van der Waals surface area contributed by atoms with Gasteiger partial charge in [0.2, 0.25) is 0 Å². The summed E-state index contributed by atoms with van der Waals surface area (Å²) >= 11 is 0. The van der Waals surface area contributed by atoms with Crippen LogP contribution in [-0.2, 0) is 0 Å². The second-order valence-electron chi connectivity index (χ2n) is 5.41. The summed E-state index contributed by atoms with van der Waals surface area (Å²) in [6.07, 6.45) is 2.68. The van der Waals surface area contributed by atoms with Gasteiger partial charge in [-0.1, -0.05) is 18.2 Å². The van der Waals surface area contributed by atoms with E-state index in [0.717, 1.165) is 0 Å². The second kappa shape index (κ2) is 8.67. The summed E-state index contributed by atoms with van der Waals surface area (Å²) in [5.74, 6) is 0.356. The largest absolute Gasteiger partial charge is 0.493 e. The van der Waals surface area contributed by atoms with Crippen LogP contribution in [-0.4, -0.2) is 30.2 Å². The summed E-state index contributed by atoms with van der Waals surface area (Å²) in [7, 11) is 2.98. The number of anilines is 2. The molecule has 0 saturated carbocycles. The first-order valence-electron chi connectivity index (χ1n) is 8.14. The molecule has 144 valence electrons. The van der Waals surface area contributed by atoms with Crippen molar-refractivity contribution in [2.24, 2.45) is 0 Å².